The monoisotopic (exact) mass is 419 g/mol. The van der Waals surface area contributed by atoms with Crippen LogP contribution in [0, 0.1) is 0 Å². The summed E-state index contributed by atoms with van der Waals surface area (Å²) >= 11 is 8.44. The first kappa shape index (κ1) is 16.0. The number of hydrogen-bond donors (Lipinski definition) is 2. The van der Waals surface area contributed by atoms with Gasteiger partial charge in [0.2, 0.25) is 0 Å². The predicted octanol–water partition coefficient (Wildman–Crippen LogP) is 4.06. The van der Waals surface area contributed by atoms with E-state index in [0.717, 1.165) is 24.4 Å². The fourth-order valence-corrected chi connectivity index (χ4v) is 5.00. The van der Waals surface area contributed by atoms with Crippen LogP contribution in [0.3, 0.4) is 0 Å². The lowest BCUT2D eigenvalue weighted by molar-refractivity contribution is 0.147. The Kier molecular flexibility index (Phi) is 5.63. The Morgan fingerprint density at radius 2 is 2.10 bits per heavy atom. The summed E-state index contributed by atoms with van der Waals surface area (Å²) in [6.45, 7) is 0.355. The van der Waals surface area contributed by atoms with Gasteiger partial charge < -0.3 is 15.6 Å². The van der Waals surface area contributed by atoms with Gasteiger partial charge in [0.05, 0.1) is 20.8 Å². The van der Waals surface area contributed by atoms with Gasteiger partial charge in [-0.15, -0.1) is 11.3 Å². The van der Waals surface area contributed by atoms with Gasteiger partial charge in [-0.2, -0.15) is 0 Å². The first-order valence-electron chi connectivity index (χ1n) is 6.03. The molecule has 0 bridgehead atoms. The second-order valence-electron chi connectivity index (χ2n) is 4.34. The number of halogens is 2. The maximum atomic E-state index is 10.6. The maximum Gasteiger partial charge on any atom is 0.119 e. The molecule has 2 atom stereocenters. The molecule has 108 valence electrons. The quantitative estimate of drug-likeness (QED) is 0.766. The predicted molar refractivity (Wildman–Crippen MR) is 89.5 cm³/mol. The van der Waals surface area contributed by atoms with Gasteiger partial charge in [0.1, 0.15) is 5.75 Å². The Balaban J connectivity index is 2.33. The van der Waals surface area contributed by atoms with Gasteiger partial charge in [-0.25, -0.2) is 0 Å². The number of hydrogen-bond acceptors (Lipinski definition) is 4. The standard InChI is InChI=1S/C14H15Br2NO2S/c1-19-9-4-2-3-8(5-9)11(7-17)13(18)10-6-12(15)20-14(10)16/h2-6,11,13,18H,7,17H2,1H3. The lowest BCUT2D eigenvalue weighted by Gasteiger charge is -2.22. The molecule has 0 aliphatic heterocycles. The highest BCUT2D eigenvalue weighted by atomic mass is 79.9. The average molecular weight is 421 g/mol. The molecule has 1 aromatic carbocycles. The van der Waals surface area contributed by atoms with Gasteiger partial charge >= 0.3 is 0 Å². The number of ether oxygens (including phenoxy) is 1. The molecule has 2 unspecified atom stereocenters. The molecular weight excluding hydrogens is 406 g/mol. The summed E-state index contributed by atoms with van der Waals surface area (Å²) < 4.78 is 7.11. The Bertz CT molecular complexity index is 588. The van der Waals surface area contributed by atoms with Crippen LogP contribution < -0.4 is 10.5 Å². The van der Waals surface area contributed by atoms with Gasteiger partial charge in [0.15, 0.2) is 0 Å². The molecule has 1 aromatic heterocycles. The maximum absolute atomic E-state index is 10.6. The topological polar surface area (TPSA) is 55.5 Å². The van der Waals surface area contributed by atoms with E-state index in [-0.39, 0.29) is 5.92 Å². The number of benzene rings is 1. The lowest BCUT2D eigenvalue weighted by Crippen LogP contribution is -2.20. The smallest absolute Gasteiger partial charge is 0.119 e. The number of nitrogens with two attached hydrogens (primary N) is 1. The molecule has 0 aliphatic carbocycles. The molecule has 6 heteroatoms. The van der Waals surface area contributed by atoms with Crippen molar-refractivity contribution in [2.45, 2.75) is 12.0 Å². The van der Waals surface area contributed by atoms with E-state index in [1.165, 1.54) is 11.3 Å². The molecule has 1 heterocycles. The van der Waals surface area contributed by atoms with Crippen molar-refractivity contribution in [3.8, 4) is 5.75 Å². The van der Waals surface area contributed by atoms with Crippen molar-refractivity contribution in [3.63, 3.8) is 0 Å². The second kappa shape index (κ2) is 7.04. The van der Waals surface area contributed by atoms with Gasteiger partial charge in [-0.3, -0.25) is 0 Å². The van der Waals surface area contributed by atoms with Crippen molar-refractivity contribution in [2.24, 2.45) is 5.73 Å². The average Bonchev–Trinajstić information content (AvgIpc) is 2.78. The van der Waals surface area contributed by atoms with Crippen LogP contribution in [0.2, 0.25) is 0 Å². The van der Waals surface area contributed by atoms with Crippen LogP contribution in [0.25, 0.3) is 0 Å². The van der Waals surface area contributed by atoms with E-state index < -0.39 is 6.10 Å². The minimum Gasteiger partial charge on any atom is -0.497 e. The number of aliphatic hydroxyl groups excluding tert-OH is 1. The third kappa shape index (κ3) is 3.43. The molecule has 3 N–H and O–H groups in total. The van der Waals surface area contributed by atoms with E-state index in [1.807, 2.05) is 30.3 Å². The Morgan fingerprint density at radius 1 is 1.35 bits per heavy atom. The van der Waals surface area contributed by atoms with E-state index in [0.29, 0.717) is 6.54 Å². The molecule has 3 nitrogen and oxygen atoms in total. The Hall–Kier alpha value is -0.400. The molecule has 0 amide bonds. The fraction of sp³-hybridized carbons (Fsp3) is 0.286. The van der Waals surface area contributed by atoms with Crippen molar-refractivity contribution in [2.75, 3.05) is 13.7 Å². The SMILES string of the molecule is COc1cccc(C(CN)C(O)c2cc(Br)sc2Br)c1. The molecule has 0 radical (unpaired) electrons. The first-order valence-corrected chi connectivity index (χ1v) is 8.44. The summed E-state index contributed by atoms with van der Waals surface area (Å²) in [6, 6.07) is 9.57. The van der Waals surface area contributed by atoms with Crippen LogP contribution in [0.15, 0.2) is 37.9 Å². The summed E-state index contributed by atoms with van der Waals surface area (Å²) in [6.07, 6.45) is -0.663. The number of thiophene rings is 1. The van der Waals surface area contributed by atoms with Crippen molar-refractivity contribution in [1.82, 2.24) is 0 Å². The highest BCUT2D eigenvalue weighted by Gasteiger charge is 2.25. The second-order valence-corrected chi connectivity index (χ2v) is 8.09. The van der Waals surface area contributed by atoms with Crippen LogP contribution in [-0.2, 0) is 0 Å². The van der Waals surface area contributed by atoms with E-state index in [4.69, 9.17) is 10.5 Å². The van der Waals surface area contributed by atoms with Gasteiger partial charge in [0.25, 0.3) is 0 Å². The molecule has 0 aliphatic rings. The Labute approximate surface area is 139 Å². The van der Waals surface area contributed by atoms with E-state index in [2.05, 4.69) is 31.9 Å². The molecular formula is C14H15Br2NO2S. The van der Waals surface area contributed by atoms with Gasteiger partial charge in [0, 0.05) is 18.0 Å². The minimum atomic E-state index is -0.663. The Morgan fingerprint density at radius 3 is 2.65 bits per heavy atom. The third-order valence-electron chi connectivity index (χ3n) is 3.16. The third-order valence-corrected chi connectivity index (χ3v) is 5.54. The summed E-state index contributed by atoms with van der Waals surface area (Å²) in [4.78, 5) is 0. The van der Waals surface area contributed by atoms with Crippen LogP contribution in [-0.4, -0.2) is 18.8 Å². The molecule has 0 saturated carbocycles. The van der Waals surface area contributed by atoms with Gasteiger partial charge in [-0.1, -0.05) is 12.1 Å². The van der Waals surface area contributed by atoms with E-state index >= 15 is 0 Å². The molecule has 0 fully saturated rings. The molecule has 20 heavy (non-hydrogen) atoms. The summed E-state index contributed by atoms with van der Waals surface area (Å²) in [7, 11) is 1.62. The van der Waals surface area contributed by atoms with Crippen molar-refractivity contribution in [3.05, 3.63) is 49.0 Å². The van der Waals surface area contributed by atoms with Crippen LogP contribution in [0.1, 0.15) is 23.1 Å². The van der Waals surface area contributed by atoms with Crippen molar-refractivity contribution >= 4 is 43.2 Å². The number of rotatable bonds is 5. The zero-order valence-corrected chi connectivity index (χ0v) is 14.8. The fourth-order valence-electron chi connectivity index (χ4n) is 2.09. The van der Waals surface area contributed by atoms with Crippen molar-refractivity contribution in [1.29, 1.82) is 0 Å². The zero-order chi connectivity index (χ0) is 14.7. The largest absolute Gasteiger partial charge is 0.497 e. The van der Waals surface area contributed by atoms with Crippen LogP contribution in [0.4, 0.5) is 0 Å². The molecule has 2 rings (SSSR count). The van der Waals surface area contributed by atoms with Crippen molar-refractivity contribution < 1.29 is 9.84 Å². The number of aliphatic hydroxyl groups is 1. The summed E-state index contributed by atoms with van der Waals surface area (Å²) in [5.41, 5.74) is 7.68. The van der Waals surface area contributed by atoms with Crippen LogP contribution in [0.5, 0.6) is 5.75 Å². The summed E-state index contributed by atoms with van der Waals surface area (Å²) in [5, 5.41) is 10.6. The van der Waals surface area contributed by atoms with Gasteiger partial charge in [-0.05, 0) is 55.6 Å². The first-order chi connectivity index (χ1) is 9.56. The van der Waals surface area contributed by atoms with E-state index in [9.17, 15) is 5.11 Å². The number of methoxy groups -OCH3 is 1. The molecule has 0 saturated heterocycles. The normalized spacial score (nSPS) is 14.1. The molecule has 0 spiro atoms. The van der Waals surface area contributed by atoms with Crippen LogP contribution >= 0.6 is 43.2 Å². The lowest BCUT2D eigenvalue weighted by atomic mass is 9.90. The van der Waals surface area contributed by atoms with E-state index in [1.54, 1.807) is 7.11 Å². The molecule has 2 aromatic rings. The highest BCUT2D eigenvalue weighted by molar-refractivity contribution is 9.12. The zero-order valence-electron chi connectivity index (χ0n) is 10.8. The highest BCUT2D eigenvalue weighted by Crippen LogP contribution is 2.40. The summed E-state index contributed by atoms with van der Waals surface area (Å²) in [5.74, 6) is 0.585. The minimum absolute atomic E-state index is 0.178.